The van der Waals surface area contributed by atoms with Crippen LogP contribution in [0.15, 0.2) is 16.0 Å². The summed E-state index contributed by atoms with van der Waals surface area (Å²) >= 11 is 1.41. The summed E-state index contributed by atoms with van der Waals surface area (Å²) in [6, 6.07) is 1.11. The molecule has 0 radical (unpaired) electrons. The maximum Gasteiger partial charge on any atom is 0.251 e. The number of thioether (sulfide) groups is 1. The summed E-state index contributed by atoms with van der Waals surface area (Å²) in [5, 5.41) is 3.58. The van der Waals surface area contributed by atoms with Crippen LogP contribution < -0.4 is 16.6 Å². The number of aryl methyl sites for hydroxylation is 1. The van der Waals surface area contributed by atoms with Gasteiger partial charge in [-0.15, -0.1) is 0 Å². The maximum atomic E-state index is 11.2. The van der Waals surface area contributed by atoms with Crippen LogP contribution in [0.4, 0.5) is 0 Å². The number of primary amides is 1. The lowest BCUT2D eigenvalue weighted by Gasteiger charge is -2.13. The molecule has 1 aromatic rings. The van der Waals surface area contributed by atoms with Gasteiger partial charge in [-0.25, -0.2) is 4.98 Å². The Morgan fingerprint density at radius 3 is 2.94 bits per heavy atom. The number of hydrogen-bond acceptors (Lipinski definition) is 5. The number of likely N-dealkylation sites (N-methyl/N-ethyl adjacent to an activating group) is 1. The number of aromatic nitrogens is 2. The molecule has 7 heteroatoms. The van der Waals surface area contributed by atoms with Crippen LogP contribution >= 0.6 is 11.8 Å². The second kappa shape index (κ2) is 7.17. The summed E-state index contributed by atoms with van der Waals surface area (Å²) < 4.78 is 0. The SMILES string of the molecule is CCNC(CCSc1nc(C)cc(=O)[nH]1)C(N)=O. The van der Waals surface area contributed by atoms with Gasteiger partial charge in [0.1, 0.15) is 0 Å². The molecule has 0 aromatic carbocycles. The van der Waals surface area contributed by atoms with Crippen molar-refractivity contribution < 1.29 is 4.79 Å². The summed E-state index contributed by atoms with van der Waals surface area (Å²) in [6.07, 6.45) is 0.603. The molecular weight excluding hydrogens is 252 g/mol. The Morgan fingerprint density at radius 2 is 2.39 bits per heavy atom. The van der Waals surface area contributed by atoms with Crippen LogP contribution in [-0.4, -0.2) is 34.2 Å². The molecule has 1 aromatic heterocycles. The number of aromatic amines is 1. The molecule has 4 N–H and O–H groups in total. The van der Waals surface area contributed by atoms with Crippen LogP contribution in [0.3, 0.4) is 0 Å². The highest BCUT2D eigenvalue weighted by molar-refractivity contribution is 7.99. The van der Waals surface area contributed by atoms with E-state index >= 15 is 0 Å². The van der Waals surface area contributed by atoms with Crippen LogP contribution in [0, 0.1) is 6.92 Å². The lowest BCUT2D eigenvalue weighted by Crippen LogP contribution is -2.41. The number of carbonyl (C=O) groups excluding carboxylic acids is 1. The Morgan fingerprint density at radius 1 is 1.67 bits per heavy atom. The molecule has 0 bridgehead atoms. The fourth-order valence-corrected chi connectivity index (χ4v) is 2.41. The van der Waals surface area contributed by atoms with Gasteiger partial charge in [-0.3, -0.25) is 9.59 Å². The van der Waals surface area contributed by atoms with E-state index in [2.05, 4.69) is 15.3 Å². The first-order chi connectivity index (χ1) is 8.52. The van der Waals surface area contributed by atoms with Crippen LogP contribution in [0.5, 0.6) is 0 Å². The summed E-state index contributed by atoms with van der Waals surface area (Å²) in [5.74, 6) is 0.302. The standard InChI is InChI=1S/C11H18N4O2S/c1-3-13-8(10(12)17)4-5-18-11-14-7(2)6-9(16)15-11/h6,8,13H,3-5H2,1-2H3,(H2,12,17)(H,14,15,16). The highest BCUT2D eigenvalue weighted by Gasteiger charge is 2.13. The molecule has 1 rings (SSSR count). The van der Waals surface area contributed by atoms with E-state index < -0.39 is 0 Å². The number of nitrogens with zero attached hydrogens (tertiary/aromatic N) is 1. The van der Waals surface area contributed by atoms with Crippen molar-refractivity contribution in [1.82, 2.24) is 15.3 Å². The number of rotatable bonds is 7. The smallest absolute Gasteiger partial charge is 0.251 e. The van der Waals surface area contributed by atoms with E-state index in [0.29, 0.717) is 29.6 Å². The quantitative estimate of drug-likeness (QED) is 0.479. The Hall–Kier alpha value is -1.34. The zero-order valence-electron chi connectivity index (χ0n) is 10.5. The number of hydrogen-bond donors (Lipinski definition) is 3. The first-order valence-electron chi connectivity index (χ1n) is 5.76. The predicted molar refractivity (Wildman–Crippen MR) is 71.6 cm³/mol. The number of H-pyrrole nitrogens is 1. The molecule has 1 heterocycles. The molecule has 1 amide bonds. The van der Waals surface area contributed by atoms with Gasteiger partial charge in [-0.1, -0.05) is 18.7 Å². The Balaban J connectivity index is 2.49. The number of nitrogens with one attached hydrogen (secondary N) is 2. The van der Waals surface area contributed by atoms with Gasteiger partial charge >= 0.3 is 0 Å². The monoisotopic (exact) mass is 270 g/mol. The highest BCUT2D eigenvalue weighted by atomic mass is 32.2. The highest BCUT2D eigenvalue weighted by Crippen LogP contribution is 2.13. The van der Waals surface area contributed by atoms with Crippen molar-refractivity contribution in [3.05, 3.63) is 22.1 Å². The Bertz CT molecular complexity index is 461. The van der Waals surface area contributed by atoms with Crippen molar-refractivity contribution in [3.63, 3.8) is 0 Å². The average Bonchev–Trinajstić information content (AvgIpc) is 2.26. The van der Waals surface area contributed by atoms with E-state index in [4.69, 9.17) is 5.73 Å². The van der Waals surface area contributed by atoms with Gasteiger partial charge < -0.3 is 16.0 Å². The third-order valence-electron chi connectivity index (χ3n) is 2.29. The molecule has 0 aliphatic carbocycles. The molecule has 0 aliphatic rings. The summed E-state index contributed by atoms with van der Waals surface area (Å²) in [7, 11) is 0. The maximum absolute atomic E-state index is 11.2. The van der Waals surface area contributed by atoms with Crippen LogP contribution in [0.25, 0.3) is 0 Å². The minimum absolute atomic E-state index is 0.164. The van der Waals surface area contributed by atoms with Crippen LogP contribution in [-0.2, 0) is 4.79 Å². The van der Waals surface area contributed by atoms with Gasteiger partial charge in [-0.05, 0) is 19.9 Å². The Labute approximate surface area is 110 Å². The van der Waals surface area contributed by atoms with E-state index in [9.17, 15) is 9.59 Å². The van der Waals surface area contributed by atoms with Crippen molar-refractivity contribution in [2.75, 3.05) is 12.3 Å². The van der Waals surface area contributed by atoms with Crippen molar-refractivity contribution in [3.8, 4) is 0 Å². The minimum Gasteiger partial charge on any atom is -0.368 e. The third kappa shape index (κ3) is 4.89. The zero-order chi connectivity index (χ0) is 13.5. The molecule has 1 atom stereocenters. The number of nitrogens with two attached hydrogens (primary N) is 1. The molecule has 0 spiro atoms. The number of carbonyl (C=O) groups is 1. The molecule has 0 fully saturated rings. The van der Waals surface area contributed by atoms with Gasteiger partial charge in [0.15, 0.2) is 5.16 Å². The van der Waals surface area contributed by atoms with Crippen molar-refractivity contribution in [2.24, 2.45) is 5.73 Å². The predicted octanol–water partition coefficient (Wildman–Crippen LogP) is 0.0239. The first-order valence-corrected chi connectivity index (χ1v) is 6.75. The van der Waals surface area contributed by atoms with Gasteiger partial charge in [0.2, 0.25) is 5.91 Å². The summed E-state index contributed by atoms with van der Waals surface area (Å²) in [5.41, 5.74) is 5.78. The van der Waals surface area contributed by atoms with Gasteiger partial charge in [0.25, 0.3) is 5.56 Å². The normalized spacial score (nSPS) is 12.3. The third-order valence-corrected chi connectivity index (χ3v) is 3.19. The fraction of sp³-hybridized carbons (Fsp3) is 0.545. The lowest BCUT2D eigenvalue weighted by atomic mass is 10.2. The average molecular weight is 270 g/mol. The summed E-state index contributed by atoms with van der Waals surface area (Å²) in [6.45, 7) is 4.38. The van der Waals surface area contributed by atoms with E-state index in [1.165, 1.54) is 17.8 Å². The fourth-order valence-electron chi connectivity index (χ4n) is 1.48. The molecule has 6 nitrogen and oxygen atoms in total. The Kier molecular flexibility index (Phi) is 5.87. The van der Waals surface area contributed by atoms with Gasteiger partial charge in [-0.2, -0.15) is 0 Å². The van der Waals surface area contributed by atoms with Crippen molar-refractivity contribution in [2.45, 2.75) is 31.5 Å². The second-order valence-corrected chi connectivity index (χ2v) is 4.93. The van der Waals surface area contributed by atoms with Gasteiger partial charge in [0.05, 0.1) is 6.04 Å². The first kappa shape index (κ1) is 14.7. The van der Waals surface area contributed by atoms with E-state index in [0.717, 1.165) is 0 Å². The zero-order valence-corrected chi connectivity index (χ0v) is 11.3. The van der Waals surface area contributed by atoms with Crippen LogP contribution in [0.1, 0.15) is 19.0 Å². The molecule has 0 saturated heterocycles. The molecule has 0 aliphatic heterocycles. The van der Waals surface area contributed by atoms with Crippen LogP contribution in [0.2, 0.25) is 0 Å². The lowest BCUT2D eigenvalue weighted by molar-refractivity contribution is -0.120. The largest absolute Gasteiger partial charge is 0.368 e. The van der Waals surface area contributed by atoms with Crippen molar-refractivity contribution in [1.29, 1.82) is 0 Å². The van der Waals surface area contributed by atoms with E-state index in [1.54, 1.807) is 6.92 Å². The number of amides is 1. The second-order valence-electron chi connectivity index (χ2n) is 3.84. The van der Waals surface area contributed by atoms with Crippen molar-refractivity contribution >= 4 is 17.7 Å². The molecule has 100 valence electrons. The summed E-state index contributed by atoms with van der Waals surface area (Å²) in [4.78, 5) is 29.2. The van der Waals surface area contributed by atoms with Gasteiger partial charge in [0, 0.05) is 17.5 Å². The molecule has 0 saturated carbocycles. The molecule has 18 heavy (non-hydrogen) atoms. The molecule has 1 unspecified atom stereocenters. The minimum atomic E-state index is -0.358. The van der Waals surface area contributed by atoms with E-state index in [1.807, 2.05) is 6.92 Å². The topological polar surface area (TPSA) is 101 Å². The van der Waals surface area contributed by atoms with E-state index in [-0.39, 0.29) is 17.5 Å². The molecular formula is C11H18N4O2S.